The molecule has 0 unspecified atom stereocenters. The third-order valence-electron chi connectivity index (χ3n) is 6.74. The molecule has 1 aromatic heterocycles. The zero-order valence-electron chi connectivity index (χ0n) is 23.6. The van der Waals surface area contributed by atoms with Crippen molar-refractivity contribution in [3.63, 3.8) is 0 Å². The predicted octanol–water partition coefficient (Wildman–Crippen LogP) is 3.05. The maximum absolute atomic E-state index is 13.4. The monoisotopic (exact) mass is 612 g/mol. The first-order valence-corrected chi connectivity index (χ1v) is 15.1. The van der Waals surface area contributed by atoms with Crippen LogP contribution in [0.4, 0.5) is 5.69 Å². The number of aryl methyl sites for hydroxylation is 1. The molecule has 0 bridgehead atoms. The van der Waals surface area contributed by atoms with Gasteiger partial charge in [-0.15, -0.1) is 0 Å². The van der Waals surface area contributed by atoms with Crippen molar-refractivity contribution in [2.45, 2.75) is 30.7 Å². The third-order valence-corrected chi connectivity index (χ3v) is 8.91. The van der Waals surface area contributed by atoms with Crippen LogP contribution in [0.5, 0.6) is 0 Å². The van der Waals surface area contributed by atoms with Crippen molar-refractivity contribution in [3.05, 3.63) is 88.2 Å². The Kier molecular flexibility index (Phi) is 9.94. The van der Waals surface area contributed by atoms with Crippen molar-refractivity contribution < 1.29 is 22.8 Å². The summed E-state index contributed by atoms with van der Waals surface area (Å²) in [4.78, 5) is 40.2. The van der Waals surface area contributed by atoms with E-state index < -0.39 is 27.9 Å². The summed E-state index contributed by atoms with van der Waals surface area (Å²) in [6, 6.07) is 11.0. The molecule has 42 heavy (non-hydrogen) atoms. The Balaban J connectivity index is 1.38. The molecule has 3 aromatic rings. The van der Waals surface area contributed by atoms with E-state index in [1.807, 2.05) is 19.0 Å². The largest absolute Gasteiger partial charge is 0.347 e. The normalized spacial score (nSPS) is 15.8. The van der Waals surface area contributed by atoms with Gasteiger partial charge in [0.25, 0.3) is 11.8 Å². The number of sulfonamides is 1. The summed E-state index contributed by atoms with van der Waals surface area (Å²) < 4.78 is 28.1. The summed E-state index contributed by atoms with van der Waals surface area (Å²) in [5, 5.41) is 12.3. The highest BCUT2D eigenvalue weighted by Crippen LogP contribution is 2.24. The van der Waals surface area contributed by atoms with Crippen molar-refractivity contribution in [2.24, 2.45) is 0 Å². The first kappa shape index (κ1) is 31.1. The number of hydrogen-bond acceptors (Lipinski definition) is 7. The van der Waals surface area contributed by atoms with Crippen molar-refractivity contribution in [1.29, 1.82) is 0 Å². The summed E-state index contributed by atoms with van der Waals surface area (Å²) in [7, 11) is -0.0566. The van der Waals surface area contributed by atoms with Crippen LogP contribution in [0, 0.1) is 6.92 Å². The molecule has 11 nitrogen and oxygen atoms in total. The Hall–Kier alpha value is -3.84. The minimum Gasteiger partial charge on any atom is -0.347 e. The van der Waals surface area contributed by atoms with Crippen molar-refractivity contribution in [2.75, 3.05) is 39.0 Å². The molecule has 1 saturated heterocycles. The number of aromatic nitrogens is 2. The number of ketones is 1. The Bertz CT molecular complexity index is 1600. The van der Waals surface area contributed by atoms with E-state index in [1.165, 1.54) is 28.7 Å². The molecule has 4 rings (SSSR count). The van der Waals surface area contributed by atoms with Crippen LogP contribution in [0.3, 0.4) is 0 Å². The summed E-state index contributed by atoms with van der Waals surface area (Å²) in [6.07, 6.45) is 5.07. The average Bonchev–Trinajstić information content (AvgIpc) is 3.58. The van der Waals surface area contributed by atoms with Gasteiger partial charge in [0.15, 0.2) is 5.78 Å². The summed E-state index contributed by atoms with van der Waals surface area (Å²) in [5.74, 6) is -1.14. The smallest absolute Gasteiger partial charge is 0.271 e. The number of likely N-dealkylation sites (N-methyl/N-ethyl adjacent to an activating group) is 1. The maximum Gasteiger partial charge on any atom is 0.271 e. The Morgan fingerprint density at radius 3 is 2.67 bits per heavy atom. The molecule has 2 aromatic carbocycles. The predicted molar refractivity (Wildman–Crippen MR) is 160 cm³/mol. The second kappa shape index (κ2) is 13.4. The van der Waals surface area contributed by atoms with E-state index in [-0.39, 0.29) is 52.2 Å². The molecule has 0 saturated carbocycles. The van der Waals surface area contributed by atoms with Crippen LogP contribution in [0.25, 0.3) is 0 Å². The topological polar surface area (TPSA) is 145 Å². The Morgan fingerprint density at radius 1 is 1.17 bits per heavy atom. The molecule has 222 valence electrons. The van der Waals surface area contributed by atoms with Gasteiger partial charge in [-0.05, 0) is 62.8 Å². The van der Waals surface area contributed by atoms with Gasteiger partial charge in [0.1, 0.15) is 5.69 Å². The number of benzene rings is 2. The van der Waals surface area contributed by atoms with Crippen molar-refractivity contribution >= 4 is 44.9 Å². The second-order valence-electron chi connectivity index (χ2n) is 10.3. The molecule has 1 aliphatic heterocycles. The number of carbonyl (C=O) groups is 3. The number of halogens is 1. The highest BCUT2D eigenvalue weighted by Gasteiger charge is 2.34. The minimum atomic E-state index is -3.85. The van der Waals surface area contributed by atoms with Crippen LogP contribution < -0.4 is 10.6 Å². The fourth-order valence-electron chi connectivity index (χ4n) is 4.60. The van der Waals surface area contributed by atoms with Crippen molar-refractivity contribution in [3.8, 4) is 0 Å². The van der Waals surface area contributed by atoms with Crippen LogP contribution >= 0.6 is 11.6 Å². The zero-order chi connectivity index (χ0) is 30.4. The second-order valence-corrected chi connectivity index (χ2v) is 12.7. The average molecular weight is 613 g/mol. The van der Waals surface area contributed by atoms with Crippen LogP contribution in [0.15, 0.2) is 65.7 Å². The number of amides is 2. The van der Waals surface area contributed by atoms with Gasteiger partial charge in [-0.1, -0.05) is 41.9 Å². The van der Waals surface area contributed by atoms with Crippen molar-refractivity contribution in [1.82, 2.24) is 24.7 Å². The quantitative estimate of drug-likeness (QED) is 0.282. The van der Waals surface area contributed by atoms with E-state index in [0.29, 0.717) is 24.1 Å². The highest BCUT2D eigenvalue weighted by molar-refractivity contribution is 7.89. The number of nitrogens with zero attached hydrogens (tertiary/aromatic N) is 3. The standard InChI is InChI=1S/C29H33ClN6O5S/c1-19-7-4-11-24(30)26(19)28(38)33-25-17-31-34-27(25)29(39)32-21-12-14-36(18-21)42(40,41)23-10-5-8-20(16-23)15-22(37)9-6-13-35(2)3/h4-11,16-17,21H,12-15,18H2,1-3H3,(H,31,34)(H,32,39)(H,33,38)/b9-6+/t21-/m0/s1. The van der Waals surface area contributed by atoms with E-state index in [9.17, 15) is 22.8 Å². The first-order valence-electron chi connectivity index (χ1n) is 13.3. The molecule has 13 heteroatoms. The number of rotatable bonds is 11. The number of nitrogens with one attached hydrogen (secondary N) is 3. The molecule has 1 atom stereocenters. The van der Waals surface area contributed by atoms with Gasteiger partial charge >= 0.3 is 0 Å². The fourth-order valence-corrected chi connectivity index (χ4v) is 6.48. The maximum atomic E-state index is 13.4. The zero-order valence-corrected chi connectivity index (χ0v) is 25.1. The van der Waals surface area contributed by atoms with Gasteiger partial charge in [-0.3, -0.25) is 19.5 Å². The Morgan fingerprint density at radius 2 is 1.93 bits per heavy atom. The van der Waals surface area contributed by atoms with Gasteiger partial charge in [0.2, 0.25) is 10.0 Å². The van der Waals surface area contributed by atoms with Crippen LogP contribution in [-0.4, -0.2) is 85.2 Å². The molecular formula is C29H33ClN6O5S. The minimum absolute atomic E-state index is 0.0337. The molecule has 2 heterocycles. The van der Waals surface area contributed by atoms with Gasteiger partial charge in [-0.2, -0.15) is 9.40 Å². The first-order chi connectivity index (χ1) is 20.0. The number of allylic oxidation sites excluding steroid dienone is 1. The van der Waals surface area contributed by atoms with Gasteiger partial charge in [0, 0.05) is 32.1 Å². The SMILES string of the molecule is Cc1cccc(Cl)c1C(=O)Nc1cn[nH]c1C(=O)N[C@H]1CCN(S(=O)(=O)c2cccc(CC(=O)/C=C/CN(C)C)c2)C1. The molecule has 1 fully saturated rings. The van der Waals surface area contributed by atoms with E-state index >= 15 is 0 Å². The van der Waals surface area contributed by atoms with Crippen LogP contribution in [0.1, 0.15) is 38.4 Å². The van der Waals surface area contributed by atoms with E-state index in [4.69, 9.17) is 11.6 Å². The summed E-state index contributed by atoms with van der Waals surface area (Å²) in [5.41, 5.74) is 1.77. The third kappa shape index (κ3) is 7.51. The summed E-state index contributed by atoms with van der Waals surface area (Å²) >= 11 is 6.20. The highest BCUT2D eigenvalue weighted by atomic mass is 35.5. The molecule has 0 radical (unpaired) electrons. The van der Waals surface area contributed by atoms with Crippen LogP contribution in [-0.2, 0) is 21.2 Å². The van der Waals surface area contributed by atoms with E-state index in [0.717, 1.165) is 0 Å². The summed E-state index contributed by atoms with van der Waals surface area (Å²) in [6.45, 7) is 2.66. The van der Waals surface area contributed by atoms with E-state index in [1.54, 1.807) is 43.3 Å². The lowest BCUT2D eigenvalue weighted by Crippen LogP contribution is -2.39. The van der Waals surface area contributed by atoms with Gasteiger partial charge < -0.3 is 15.5 Å². The van der Waals surface area contributed by atoms with E-state index in [2.05, 4.69) is 20.8 Å². The molecule has 2 amide bonds. The number of hydrogen-bond donors (Lipinski definition) is 3. The number of aromatic amines is 1. The Labute approximate surface area is 250 Å². The number of H-pyrrole nitrogens is 1. The fraction of sp³-hybridized carbons (Fsp3) is 0.310. The van der Waals surface area contributed by atoms with Gasteiger partial charge in [0.05, 0.1) is 27.4 Å². The van der Waals surface area contributed by atoms with Gasteiger partial charge in [-0.25, -0.2) is 8.42 Å². The lowest BCUT2D eigenvalue weighted by molar-refractivity contribution is -0.114. The lowest BCUT2D eigenvalue weighted by Gasteiger charge is -2.18. The molecule has 1 aliphatic rings. The van der Waals surface area contributed by atoms with Crippen LogP contribution in [0.2, 0.25) is 5.02 Å². The number of anilines is 1. The molecular weight excluding hydrogens is 580 g/mol. The molecule has 3 N–H and O–H groups in total. The number of carbonyl (C=O) groups excluding carboxylic acids is 3. The molecule has 0 spiro atoms. The molecule has 0 aliphatic carbocycles. The lowest BCUT2D eigenvalue weighted by atomic mass is 10.1.